The van der Waals surface area contributed by atoms with E-state index in [1.807, 2.05) is 0 Å². The van der Waals surface area contributed by atoms with Gasteiger partial charge in [0, 0.05) is 0 Å². The molecule has 0 aromatic heterocycles. The summed E-state index contributed by atoms with van der Waals surface area (Å²) in [6.45, 7) is 15.5. The van der Waals surface area contributed by atoms with Gasteiger partial charge in [-0.05, 0) is 109 Å². The van der Waals surface area contributed by atoms with Gasteiger partial charge in [0.25, 0.3) is 0 Å². The van der Waals surface area contributed by atoms with Gasteiger partial charge in [0.2, 0.25) is 6.29 Å². The number of allylic oxidation sites excluding steroid dienone is 2. The Hall–Kier alpha value is -1.72. The Bertz CT molecular complexity index is 1560. The van der Waals surface area contributed by atoms with Crippen LogP contribution in [-0.4, -0.2) is 127 Å². The van der Waals surface area contributed by atoms with E-state index in [0.717, 1.165) is 44.9 Å². The molecular weight excluding hydrogens is 728 g/mol. The Labute approximate surface area is 329 Å². The lowest BCUT2D eigenvalue weighted by Crippen LogP contribution is -2.66. The van der Waals surface area contributed by atoms with Crippen molar-refractivity contribution in [3.05, 3.63) is 11.6 Å². The molecule has 18 atom stereocenters. The van der Waals surface area contributed by atoms with Crippen molar-refractivity contribution < 1.29 is 69.4 Å². The van der Waals surface area contributed by atoms with E-state index in [1.54, 1.807) is 0 Å². The minimum Gasteiger partial charge on any atom is -0.479 e. The van der Waals surface area contributed by atoms with Crippen molar-refractivity contribution >= 4 is 11.9 Å². The molecule has 0 amide bonds. The van der Waals surface area contributed by atoms with Crippen molar-refractivity contribution in [1.82, 2.24) is 0 Å². The molecule has 0 aromatic rings. The highest BCUT2D eigenvalue weighted by molar-refractivity contribution is 5.79. The second-order valence-electron chi connectivity index (χ2n) is 20.7. The summed E-state index contributed by atoms with van der Waals surface area (Å²) in [7, 11) is 0. The first-order valence-electron chi connectivity index (χ1n) is 20.8. The van der Waals surface area contributed by atoms with Crippen LogP contribution < -0.4 is 0 Å². The fraction of sp³-hybridized carbons (Fsp3) is 0.905. The number of carboxylic acids is 1. The molecule has 0 bridgehead atoms. The Morgan fingerprint density at radius 1 is 0.750 bits per heavy atom. The third-order valence-electron chi connectivity index (χ3n) is 17.2. The SMILES string of the molecule is CC1(C)CC[C@]2(C(=O)O[C@@H]3O[C@H](CO)[C@@H](O)[C@H](O)[C@H]3O)CC[C@]3(C)C(=CC[C@@H]4[C@@]5(C)CC[C@@H](O[C@@H]6O[C@H](C(=O)O)[C@@H](O)[C@H](O)[C@H]6O)C(C)(C)[C@@H]5CC[C@]43C)[C@H]2C1. The summed E-state index contributed by atoms with van der Waals surface area (Å²) >= 11 is 0. The minimum atomic E-state index is -1.79. The van der Waals surface area contributed by atoms with Crippen LogP contribution in [0.4, 0.5) is 0 Å². The van der Waals surface area contributed by atoms with Gasteiger partial charge >= 0.3 is 11.9 Å². The van der Waals surface area contributed by atoms with Gasteiger partial charge in [0.15, 0.2) is 12.4 Å². The summed E-state index contributed by atoms with van der Waals surface area (Å²) in [5.74, 6) is -1.52. The summed E-state index contributed by atoms with van der Waals surface area (Å²) in [6.07, 6.45) is -6.14. The number of fused-ring (bicyclic) bond motifs is 7. The third-order valence-corrected chi connectivity index (χ3v) is 17.2. The number of esters is 1. The normalized spacial score (nSPS) is 52.3. The Morgan fingerprint density at radius 3 is 2.05 bits per heavy atom. The first-order chi connectivity index (χ1) is 26.0. The average molecular weight is 795 g/mol. The predicted molar refractivity (Wildman–Crippen MR) is 198 cm³/mol. The van der Waals surface area contributed by atoms with Crippen LogP contribution >= 0.6 is 0 Å². The van der Waals surface area contributed by atoms with Gasteiger partial charge in [-0.2, -0.15) is 0 Å². The number of carbonyl (C=O) groups is 2. The number of rotatable bonds is 6. The number of hydrogen-bond donors (Lipinski definition) is 8. The number of carbonyl (C=O) groups excluding carboxylic acids is 1. The Morgan fingerprint density at radius 2 is 1.39 bits per heavy atom. The van der Waals surface area contributed by atoms with Crippen molar-refractivity contribution in [2.45, 2.75) is 180 Å². The molecule has 56 heavy (non-hydrogen) atoms. The first-order valence-corrected chi connectivity index (χ1v) is 20.8. The van der Waals surface area contributed by atoms with Gasteiger partial charge in [0.1, 0.15) is 42.7 Å². The molecule has 5 aliphatic carbocycles. The molecule has 2 heterocycles. The fourth-order valence-electron chi connectivity index (χ4n) is 13.5. The van der Waals surface area contributed by atoms with Crippen LogP contribution in [-0.2, 0) is 28.5 Å². The van der Waals surface area contributed by atoms with Crippen LogP contribution in [0.3, 0.4) is 0 Å². The van der Waals surface area contributed by atoms with Crippen LogP contribution in [0.15, 0.2) is 11.6 Å². The summed E-state index contributed by atoms with van der Waals surface area (Å²) in [6, 6.07) is 0. The molecule has 14 nitrogen and oxygen atoms in total. The molecule has 7 aliphatic rings. The number of aliphatic carboxylic acids is 1. The van der Waals surface area contributed by atoms with Gasteiger partial charge in [-0.3, -0.25) is 4.79 Å². The number of ether oxygens (including phenoxy) is 4. The number of carboxylic acid groups (broad SMARTS) is 1. The van der Waals surface area contributed by atoms with Crippen molar-refractivity contribution in [3.8, 4) is 0 Å². The van der Waals surface area contributed by atoms with Crippen LogP contribution in [0.25, 0.3) is 0 Å². The zero-order valence-electron chi connectivity index (χ0n) is 34.0. The molecule has 6 fully saturated rings. The number of hydrogen-bond acceptors (Lipinski definition) is 13. The third kappa shape index (κ3) is 6.17. The summed E-state index contributed by atoms with van der Waals surface area (Å²) < 4.78 is 23.5. The molecule has 8 N–H and O–H groups in total. The monoisotopic (exact) mass is 794 g/mol. The van der Waals surface area contributed by atoms with E-state index < -0.39 is 96.9 Å². The highest BCUT2D eigenvalue weighted by Gasteiger charge is 2.70. The summed E-state index contributed by atoms with van der Waals surface area (Å²) in [4.78, 5) is 26.4. The van der Waals surface area contributed by atoms with E-state index in [1.165, 1.54) is 5.57 Å². The van der Waals surface area contributed by atoms with Gasteiger partial charge in [-0.1, -0.05) is 60.1 Å². The van der Waals surface area contributed by atoms with Gasteiger partial charge in [0.05, 0.1) is 18.1 Å². The Balaban J connectivity index is 1.16. The lowest BCUT2D eigenvalue weighted by Gasteiger charge is -2.71. The highest BCUT2D eigenvalue weighted by atomic mass is 16.7. The lowest BCUT2D eigenvalue weighted by molar-refractivity contribution is -0.324. The molecule has 4 saturated carbocycles. The molecular formula is C42H66O14. The lowest BCUT2D eigenvalue weighted by atomic mass is 9.33. The van der Waals surface area contributed by atoms with Crippen molar-refractivity contribution in [3.63, 3.8) is 0 Å². The summed E-state index contributed by atoms with van der Waals surface area (Å²) in [5, 5.41) is 82.4. The zero-order chi connectivity index (χ0) is 41.1. The van der Waals surface area contributed by atoms with Gasteiger partial charge in [-0.25, -0.2) is 4.79 Å². The minimum absolute atomic E-state index is 0.0330. The molecule has 7 rings (SSSR count). The molecule has 318 valence electrons. The molecule has 14 heteroatoms. The quantitative estimate of drug-likeness (QED) is 0.110. The van der Waals surface area contributed by atoms with Crippen LogP contribution in [0.5, 0.6) is 0 Å². The molecule has 2 aliphatic heterocycles. The predicted octanol–water partition coefficient (Wildman–Crippen LogP) is 2.41. The maximum absolute atomic E-state index is 14.6. The largest absolute Gasteiger partial charge is 0.479 e. The van der Waals surface area contributed by atoms with E-state index in [-0.39, 0.29) is 33.5 Å². The van der Waals surface area contributed by atoms with Crippen molar-refractivity contribution in [2.75, 3.05) is 6.61 Å². The van der Waals surface area contributed by atoms with E-state index in [4.69, 9.17) is 18.9 Å². The molecule has 0 aromatic carbocycles. The Kier molecular flexibility index (Phi) is 10.8. The molecule has 0 radical (unpaired) electrons. The van der Waals surface area contributed by atoms with Crippen LogP contribution in [0, 0.1) is 50.2 Å². The zero-order valence-corrected chi connectivity index (χ0v) is 34.0. The maximum Gasteiger partial charge on any atom is 0.335 e. The molecule has 2 saturated heterocycles. The second kappa shape index (κ2) is 14.2. The van der Waals surface area contributed by atoms with E-state index in [9.17, 15) is 50.4 Å². The van der Waals surface area contributed by atoms with Crippen molar-refractivity contribution in [2.24, 2.45) is 50.2 Å². The van der Waals surface area contributed by atoms with E-state index in [2.05, 4.69) is 54.5 Å². The number of aliphatic hydroxyl groups excluding tert-OH is 7. The number of aliphatic hydroxyl groups is 7. The van der Waals surface area contributed by atoms with E-state index in [0.29, 0.717) is 25.2 Å². The standard InChI is InChI=1S/C42H66O14/c1-37(2)14-16-42(36(52)56-34-30(48)27(45)26(44)22(19-43)53-34)17-15-40(6)20(21(42)18-37)8-9-24-39(5)12-11-25(38(3,4)23(39)10-13-41(24,40)7)54-35-31(49)28(46)29(47)32(55-35)33(50)51/h8,21-32,34-35,43-49H,9-19H2,1-7H3,(H,50,51)/t21-,22-,23+,24-,25-,26-,27+,28+,29+,30-,31-,32+,34+,35-,39+,40-,41-,42+/m1/s1. The highest BCUT2D eigenvalue weighted by Crippen LogP contribution is 2.76. The molecule has 0 spiro atoms. The first kappa shape index (κ1) is 42.4. The van der Waals surface area contributed by atoms with E-state index >= 15 is 0 Å². The maximum atomic E-state index is 14.6. The van der Waals surface area contributed by atoms with Crippen molar-refractivity contribution in [1.29, 1.82) is 0 Å². The van der Waals surface area contributed by atoms with Gasteiger partial charge < -0.3 is 59.8 Å². The second-order valence-corrected chi connectivity index (χ2v) is 20.7. The van der Waals surface area contributed by atoms with Crippen LogP contribution in [0.2, 0.25) is 0 Å². The smallest absolute Gasteiger partial charge is 0.335 e. The topological polar surface area (TPSA) is 233 Å². The fourth-order valence-corrected chi connectivity index (χ4v) is 13.5. The molecule has 0 unspecified atom stereocenters. The van der Waals surface area contributed by atoms with Crippen LogP contribution in [0.1, 0.15) is 113 Å². The average Bonchev–Trinajstić information content (AvgIpc) is 3.12. The van der Waals surface area contributed by atoms with Gasteiger partial charge in [-0.15, -0.1) is 0 Å². The summed E-state index contributed by atoms with van der Waals surface area (Å²) in [5.41, 5.74) is -0.448.